The Balaban J connectivity index is 2.58. The lowest BCUT2D eigenvalue weighted by molar-refractivity contribution is -0.147. The maximum absolute atomic E-state index is 11.3. The molecule has 16 heavy (non-hydrogen) atoms. The molecular formula is C11H13NO4. The minimum Gasteiger partial charge on any atom is -0.496 e. The van der Waals surface area contributed by atoms with Crippen LogP contribution >= 0.6 is 0 Å². The minimum atomic E-state index is -0.673. The van der Waals surface area contributed by atoms with Gasteiger partial charge in [0.05, 0.1) is 13.5 Å². The molecule has 2 N–H and O–H groups in total. The number of hydrogen-bond donors (Lipinski definition) is 1. The first kappa shape index (κ1) is 12.0. The fourth-order valence-corrected chi connectivity index (χ4v) is 1.21. The van der Waals surface area contributed by atoms with Crippen LogP contribution < -0.4 is 10.5 Å². The zero-order valence-corrected chi connectivity index (χ0v) is 8.93. The van der Waals surface area contributed by atoms with E-state index in [1.165, 1.54) is 7.11 Å². The number of esters is 1. The molecule has 0 atom stereocenters. The molecule has 1 aromatic rings. The lowest BCUT2D eigenvalue weighted by Crippen LogP contribution is -2.21. The van der Waals surface area contributed by atoms with E-state index in [0.717, 1.165) is 0 Å². The number of methoxy groups -OCH3 is 1. The molecule has 1 amide bonds. The summed E-state index contributed by atoms with van der Waals surface area (Å²) in [5, 5.41) is 0. The fourth-order valence-electron chi connectivity index (χ4n) is 1.21. The van der Waals surface area contributed by atoms with Crippen molar-refractivity contribution in [2.45, 2.75) is 6.42 Å². The largest absolute Gasteiger partial charge is 0.496 e. The first-order chi connectivity index (χ1) is 7.63. The number of primary amides is 1. The summed E-state index contributed by atoms with van der Waals surface area (Å²) in [6.45, 7) is -0.395. The summed E-state index contributed by atoms with van der Waals surface area (Å²) in [7, 11) is 1.52. The van der Waals surface area contributed by atoms with Crippen LogP contribution in [-0.2, 0) is 20.7 Å². The van der Waals surface area contributed by atoms with Gasteiger partial charge in [0.1, 0.15) is 5.75 Å². The van der Waals surface area contributed by atoms with Crippen LogP contribution in [0.2, 0.25) is 0 Å². The molecule has 0 radical (unpaired) electrons. The summed E-state index contributed by atoms with van der Waals surface area (Å²) < 4.78 is 9.71. The topological polar surface area (TPSA) is 78.6 Å². The third-order valence-electron chi connectivity index (χ3n) is 1.90. The van der Waals surface area contributed by atoms with Crippen molar-refractivity contribution in [2.24, 2.45) is 5.73 Å². The molecule has 0 unspecified atom stereocenters. The summed E-state index contributed by atoms with van der Waals surface area (Å²) >= 11 is 0. The number of carbonyl (C=O) groups excluding carboxylic acids is 2. The molecule has 0 aliphatic rings. The van der Waals surface area contributed by atoms with Crippen LogP contribution in [-0.4, -0.2) is 25.6 Å². The van der Waals surface area contributed by atoms with E-state index in [1.807, 2.05) is 0 Å². The number of carbonyl (C=O) groups is 2. The summed E-state index contributed by atoms with van der Waals surface area (Å²) in [4.78, 5) is 21.7. The Labute approximate surface area is 93.1 Å². The van der Waals surface area contributed by atoms with E-state index in [0.29, 0.717) is 11.3 Å². The van der Waals surface area contributed by atoms with Crippen molar-refractivity contribution in [3.05, 3.63) is 29.8 Å². The average Bonchev–Trinajstić information content (AvgIpc) is 2.27. The van der Waals surface area contributed by atoms with Gasteiger partial charge in [-0.25, -0.2) is 0 Å². The molecule has 86 valence electrons. The number of para-hydroxylation sites is 1. The maximum Gasteiger partial charge on any atom is 0.310 e. The predicted octanol–water partition coefficient (Wildman–Crippen LogP) is 0.266. The van der Waals surface area contributed by atoms with Gasteiger partial charge in [-0.05, 0) is 6.07 Å². The SMILES string of the molecule is COc1ccccc1CC(=O)OCC(N)=O. The number of ether oxygens (including phenoxy) is 2. The lowest BCUT2D eigenvalue weighted by atomic mass is 10.1. The van der Waals surface area contributed by atoms with E-state index < -0.39 is 18.5 Å². The molecule has 5 heteroatoms. The van der Waals surface area contributed by atoms with Crippen LogP contribution in [0.4, 0.5) is 0 Å². The van der Waals surface area contributed by atoms with Gasteiger partial charge in [-0.3, -0.25) is 9.59 Å². The number of hydrogen-bond acceptors (Lipinski definition) is 4. The first-order valence-electron chi connectivity index (χ1n) is 4.69. The first-order valence-corrected chi connectivity index (χ1v) is 4.69. The monoisotopic (exact) mass is 223 g/mol. The van der Waals surface area contributed by atoms with Crippen LogP contribution in [0.1, 0.15) is 5.56 Å². The Morgan fingerprint density at radius 1 is 1.31 bits per heavy atom. The Morgan fingerprint density at radius 2 is 2.00 bits per heavy atom. The van der Waals surface area contributed by atoms with Gasteiger partial charge in [-0.15, -0.1) is 0 Å². The van der Waals surface area contributed by atoms with Gasteiger partial charge in [0.15, 0.2) is 6.61 Å². The summed E-state index contributed by atoms with van der Waals surface area (Å²) in [6, 6.07) is 7.09. The molecule has 0 spiro atoms. The van der Waals surface area contributed by atoms with Crippen LogP contribution in [0.25, 0.3) is 0 Å². The Hall–Kier alpha value is -2.04. The summed E-state index contributed by atoms with van der Waals surface area (Å²) in [5.41, 5.74) is 5.56. The third kappa shape index (κ3) is 3.61. The molecule has 1 rings (SSSR count). The van der Waals surface area contributed by atoms with Crippen molar-refractivity contribution in [3.63, 3.8) is 0 Å². The molecular weight excluding hydrogens is 210 g/mol. The second kappa shape index (κ2) is 5.75. The maximum atomic E-state index is 11.3. The van der Waals surface area contributed by atoms with Gasteiger partial charge in [0.2, 0.25) is 0 Å². The number of nitrogens with two attached hydrogens (primary N) is 1. The quantitative estimate of drug-likeness (QED) is 0.726. The Bertz CT molecular complexity index is 389. The van der Waals surface area contributed by atoms with Crippen molar-refractivity contribution in [2.75, 3.05) is 13.7 Å². The van der Waals surface area contributed by atoms with E-state index in [9.17, 15) is 9.59 Å². The van der Waals surface area contributed by atoms with E-state index >= 15 is 0 Å². The molecule has 0 saturated carbocycles. The highest BCUT2D eigenvalue weighted by molar-refractivity contribution is 5.80. The smallest absolute Gasteiger partial charge is 0.310 e. The second-order valence-electron chi connectivity index (χ2n) is 3.12. The highest BCUT2D eigenvalue weighted by Gasteiger charge is 2.09. The van der Waals surface area contributed by atoms with E-state index in [2.05, 4.69) is 4.74 Å². The molecule has 0 aliphatic carbocycles. The van der Waals surface area contributed by atoms with Crippen LogP contribution in [0.15, 0.2) is 24.3 Å². The predicted molar refractivity (Wildman–Crippen MR) is 56.9 cm³/mol. The Kier molecular flexibility index (Phi) is 4.32. The van der Waals surface area contributed by atoms with Gasteiger partial charge in [0.25, 0.3) is 5.91 Å². The fraction of sp³-hybridized carbons (Fsp3) is 0.273. The normalized spacial score (nSPS) is 9.56. The van der Waals surface area contributed by atoms with E-state index in [4.69, 9.17) is 10.5 Å². The highest BCUT2D eigenvalue weighted by atomic mass is 16.5. The number of rotatable bonds is 5. The average molecular weight is 223 g/mol. The zero-order chi connectivity index (χ0) is 12.0. The number of benzene rings is 1. The van der Waals surface area contributed by atoms with Gasteiger partial charge in [-0.2, -0.15) is 0 Å². The van der Waals surface area contributed by atoms with Crippen molar-refractivity contribution in [1.29, 1.82) is 0 Å². The van der Waals surface area contributed by atoms with Crippen molar-refractivity contribution < 1.29 is 19.1 Å². The van der Waals surface area contributed by atoms with Gasteiger partial charge < -0.3 is 15.2 Å². The molecule has 0 saturated heterocycles. The molecule has 0 aliphatic heterocycles. The van der Waals surface area contributed by atoms with Crippen molar-refractivity contribution in [3.8, 4) is 5.75 Å². The number of amides is 1. The van der Waals surface area contributed by atoms with Gasteiger partial charge in [0, 0.05) is 5.56 Å². The van der Waals surface area contributed by atoms with Crippen molar-refractivity contribution in [1.82, 2.24) is 0 Å². The highest BCUT2D eigenvalue weighted by Crippen LogP contribution is 2.17. The molecule has 5 nitrogen and oxygen atoms in total. The molecule has 0 bridgehead atoms. The lowest BCUT2D eigenvalue weighted by Gasteiger charge is -2.07. The zero-order valence-electron chi connectivity index (χ0n) is 8.93. The molecule has 1 aromatic carbocycles. The minimum absolute atomic E-state index is 0.0529. The molecule has 0 fully saturated rings. The van der Waals surface area contributed by atoms with Crippen LogP contribution in [0.5, 0.6) is 5.75 Å². The molecule has 0 heterocycles. The standard InChI is InChI=1S/C11H13NO4/c1-15-9-5-3-2-4-8(9)6-11(14)16-7-10(12)13/h2-5H,6-7H2,1H3,(H2,12,13). The second-order valence-corrected chi connectivity index (χ2v) is 3.12. The van der Waals surface area contributed by atoms with Gasteiger partial charge in [-0.1, -0.05) is 18.2 Å². The van der Waals surface area contributed by atoms with Gasteiger partial charge >= 0.3 is 5.97 Å². The summed E-state index contributed by atoms with van der Waals surface area (Å²) in [5.74, 6) is -0.574. The Morgan fingerprint density at radius 3 is 2.62 bits per heavy atom. The third-order valence-corrected chi connectivity index (χ3v) is 1.90. The molecule has 0 aromatic heterocycles. The van der Waals surface area contributed by atoms with Crippen molar-refractivity contribution >= 4 is 11.9 Å². The van der Waals surface area contributed by atoms with Crippen LogP contribution in [0, 0.1) is 0 Å². The van der Waals surface area contributed by atoms with E-state index in [1.54, 1.807) is 24.3 Å². The summed E-state index contributed by atoms with van der Waals surface area (Å²) in [6.07, 6.45) is 0.0529. The van der Waals surface area contributed by atoms with E-state index in [-0.39, 0.29) is 6.42 Å². The van der Waals surface area contributed by atoms with Crippen LogP contribution in [0.3, 0.4) is 0 Å².